The molecule has 27 heavy (non-hydrogen) atoms. The van der Waals surface area contributed by atoms with Gasteiger partial charge in [0.15, 0.2) is 0 Å². The van der Waals surface area contributed by atoms with Crippen LogP contribution in [0.1, 0.15) is 50.9 Å². The maximum atomic E-state index is 12.8. The van der Waals surface area contributed by atoms with Crippen molar-refractivity contribution in [2.75, 3.05) is 20.1 Å². The van der Waals surface area contributed by atoms with Crippen molar-refractivity contribution in [3.8, 4) is 0 Å². The van der Waals surface area contributed by atoms with Gasteiger partial charge in [0.25, 0.3) is 5.91 Å². The number of carbonyl (C=O) groups is 1. The predicted octanol–water partition coefficient (Wildman–Crippen LogP) is 2.89. The largest absolute Gasteiger partial charge is 0.494 e. The lowest BCUT2D eigenvalue weighted by molar-refractivity contribution is 0.00578. The monoisotopic (exact) mass is 414 g/mol. The molecule has 1 amide bonds. The topological polar surface area (TPSA) is 50.8 Å². The SMILES string of the molecule is CNC1CCN(C(=O)c2ccc(B3OC(C)(C)C(C)(C)O3)cc2Cl)CC1.Cl. The number of hydrogen-bond acceptors (Lipinski definition) is 4. The Hall–Kier alpha value is -0.785. The second-order valence-electron chi connectivity index (χ2n) is 8.18. The summed E-state index contributed by atoms with van der Waals surface area (Å²) in [7, 11) is 1.49. The molecule has 0 saturated carbocycles. The van der Waals surface area contributed by atoms with Crippen molar-refractivity contribution in [2.45, 2.75) is 57.8 Å². The molecule has 1 aromatic rings. The van der Waals surface area contributed by atoms with Gasteiger partial charge in [0, 0.05) is 19.1 Å². The second-order valence-corrected chi connectivity index (χ2v) is 8.59. The van der Waals surface area contributed by atoms with Crippen LogP contribution in [-0.2, 0) is 9.31 Å². The van der Waals surface area contributed by atoms with Gasteiger partial charge < -0.3 is 19.5 Å². The number of amides is 1. The Bertz CT molecular complexity index is 676. The van der Waals surface area contributed by atoms with Gasteiger partial charge in [-0.15, -0.1) is 12.4 Å². The zero-order valence-corrected chi connectivity index (χ0v) is 18.2. The molecule has 0 radical (unpaired) electrons. The van der Waals surface area contributed by atoms with Gasteiger partial charge >= 0.3 is 7.12 Å². The van der Waals surface area contributed by atoms with Crippen LogP contribution in [0, 0.1) is 0 Å². The molecule has 5 nitrogen and oxygen atoms in total. The van der Waals surface area contributed by atoms with E-state index in [4.69, 9.17) is 20.9 Å². The highest BCUT2D eigenvalue weighted by molar-refractivity contribution is 6.62. The van der Waals surface area contributed by atoms with Gasteiger partial charge in [0.05, 0.1) is 21.8 Å². The summed E-state index contributed by atoms with van der Waals surface area (Å²) in [6.45, 7) is 9.56. The first-order valence-electron chi connectivity index (χ1n) is 9.26. The molecule has 2 saturated heterocycles. The number of benzene rings is 1. The minimum atomic E-state index is -0.479. The van der Waals surface area contributed by atoms with Crippen molar-refractivity contribution in [3.63, 3.8) is 0 Å². The highest BCUT2D eigenvalue weighted by atomic mass is 35.5. The van der Waals surface area contributed by atoms with Gasteiger partial charge in [-0.05, 0) is 65.2 Å². The minimum absolute atomic E-state index is 0. The smallest absolute Gasteiger partial charge is 0.399 e. The molecule has 1 aromatic carbocycles. The van der Waals surface area contributed by atoms with E-state index in [0.29, 0.717) is 16.6 Å². The van der Waals surface area contributed by atoms with E-state index in [9.17, 15) is 4.79 Å². The molecule has 0 spiro atoms. The Morgan fingerprint density at radius 3 is 2.22 bits per heavy atom. The van der Waals surface area contributed by atoms with Crippen LogP contribution in [0.15, 0.2) is 18.2 Å². The fourth-order valence-corrected chi connectivity index (χ4v) is 3.64. The molecular weight excluding hydrogens is 386 g/mol. The summed E-state index contributed by atoms with van der Waals surface area (Å²) in [5.41, 5.74) is 0.556. The van der Waals surface area contributed by atoms with Crippen molar-refractivity contribution in [1.82, 2.24) is 10.2 Å². The lowest BCUT2D eigenvalue weighted by Gasteiger charge is -2.32. The summed E-state index contributed by atoms with van der Waals surface area (Å²) in [4.78, 5) is 14.7. The maximum Gasteiger partial charge on any atom is 0.494 e. The van der Waals surface area contributed by atoms with E-state index in [0.717, 1.165) is 31.4 Å². The van der Waals surface area contributed by atoms with Crippen LogP contribution in [0.5, 0.6) is 0 Å². The van der Waals surface area contributed by atoms with Crippen LogP contribution in [0.3, 0.4) is 0 Å². The number of rotatable bonds is 3. The Kier molecular flexibility index (Phi) is 6.91. The minimum Gasteiger partial charge on any atom is -0.399 e. The van der Waals surface area contributed by atoms with E-state index in [1.807, 2.05) is 45.7 Å². The lowest BCUT2D eigenvalue weighted by Crippen LogP contribution is -2.44. The van der Waals surface area contributed by atoms with E-state index < -0.39 is 18.3 Å². The molecule has 0 atom stereocenters. The van der Waals surface area contributed by atoms with Crippen molar-refractivity contribution in [2.24, 2.45) is 0 Å². The van der Waals surface area contributed by atoms with Gasteiger partial charge in [-0.2, -0.15) is 0 Å². The molecule has 2 aliphatic heterocycles. The normalized spacial score (nSPS) is 21.9. The van der Waals surface area contributed by atoms with Crippen LogP contribution >= 0.6 is 24.0 Å². The number of halogens is 2. The highest BCUT2D eigenvalue weighted by Crippen LogP contribution is 2.36. The number of likely N-dealkylation sites (tertiary alicyclic amines) is 1. The number of nitrogens with zero attached hydrogens (tertiary/aromatic N) is 1. The number of hydrogen-bond donors (Lipinski definition) is 1. The molecule has 1 N–H and O–H groups in total. The summed E-state index contributed by atoms with van der Waals surface area (Å²) in [6.07, 6.45) is 1.93. The predicted molar refractivity (Wildman–Crippen MR) is 112 cm³/mol. The van der Waals surface area contributed by atoms with Gasteiger partial charge in [-0.1, -0.05) is 17.7 Å². The third-order valence-corrected chi connectivity index (χ3v) is 6.25. The van der Waals surface area contributed by atoms with Crippen LogP contribution in [0.2, 0.25) is 5.02 Å². The molecule has 2 fully saturated rings. The first kappa shape index (κ1) is 22.5. The Morgan fingerprint density at radius 2 is 1.74 bits per heavy atom. The molecule has 8 heteroatoms. The fraction of sp³-hybridized carbons (Fsp3) is 0.632. The molecule has 0 unspecified atom stereocenters. The molecule has 2 heterocycles. The Labute approximate surface area is 173 Å². The quantitative estimate of drug-likeness (QED) is 0.772. The summed E-state index contributed by atoms with van der Waals surface area (Å²) in [5, 5.41) is 3.72. The number of nitrogens with one attached hydrogen (secondary N) is 1. The second kappa shape index (κ2) is 8.30. The van der Waals surface area contributed by atoms with Crippen molar-refractivity contribution >= 4 is 42.5 Å². The third-order valence-electron chi connectivity index (χ3n) is 5.94. The average molecular weight is 415 g/mol. The zero-order chi connectivity index (χ0) is 19.1. The number of piperidine rings is 1. The van der Waals surface area contributed by atoms with E-state index >= 15 is 0 Å². The molecule has 2 aliphatic rings. The third kappa shape index (κ3) is 4.46. The average Bonchev–Trinajstić information content (AvgIpc) is 2.82. The molecule has 0 aromatic heterocycles. The standard InChI is InChI=1S/C19H28BClN2O3.ClH/c1-18(2)19(3,4)26-20(25-18)13-6-7-15(16(21)12-13)17(24)23-10-8-14(22-5)9-11-23;/h6-7,12,14,22H,8-11H2,1-5H3;1H. The van der Waals surface area contributed by atoms with Gasteiger partial charge in [0.2, 0.25) is 0 Å². The van der Waals surface area contributed by atoms with Crippen LogP contribution in [0.25, 0.3) is 0 Å². The zero-order valence-electron chi connectivity index (χ0n) is 16.7. The van der Waals surface area contributed by atoms with Crippen LogP contribution in [-0.4, -0.2) is 55.3 Å². The first-order valence-corrected chi connectivity index (χ1v) is 9.64. The summed E-state index contributed by atoms with van der Waals surface area (Å²) < 4.78 is 12.1. The lowest BCUT2D eigenvalue weighted by atomic mass is 9.79. The maximum absolute atomic E-state index is 12.8. The highest BCUT2D eigenvalue weighted by Gasteiger charge is 2.51. The van der Waals surface area contributed by atoms with Crippen LogP contribution < -0.4 is 10.8 Å². The molecule has 150 valence electrons. The van der Waals surface area contributed by atoms with Gasteiger partial charge in [-0.3, -0.25) is 4.79 Å². The number of carbonyl (C=O) groups excluding carboxylic acids is 1. The molecule has 0 bridgehead atoms. The van der Waals surface area contributed by atoms with E-state index in [-0.39, 0.29) is 18.3 Å². The Morgan fingerprint density at radius 1 is 1.19 bits per heavy atom. The molecule has 3 rings (SSSR count). The van der Waals surface area contributed by atoms with Crippen molar-refractivity contribution < 1.29 is 14.1 Å². The fourth-order valence-electron chi connectivity index (χ4n) is 3.37. The van der Waals surface area contributed by atoms with Crippen LogP contribution in [0.4, 0.5) is 0 Å². The summed E-state index contributed by atoms with van der Waals surface area (Å²) >= 11 is 6.45. The van der Waals surface area contributed by atoms with Gasteiger partial charge in [-0.25, -0.2) is 0 Å². The van der Waals surface area contributed by atoms with Crippen molar-refractivity contribution in [3.05, 3.63) is 28.8 Å². The summed E-state index contributed by atoms with van der Waals surface area (Å²) in [6, 6.07) is 5.94. The Balaban J connectivity index is 0.00000261. The first-order chi connectivity index (χ1) is 12.1. The van der Waals surface area contributed by atoms with E-state index in [1.165, 1.54) is 0 Å². The van der Waals surface area contributed by atoms with Crippen molar-refractivity contribution in [1.29, 1.82) is 0 Å². The molecule has 0 aliphatic carbocycles. The molecular formula is C19H29BCl2N2O3. The van der Waals surface area contributed by atoms with E-state index in [1.54, 1.807) is 12.1 Å². The van der Waals surface area contributed by atoms with E-state index in [2.05, 4.69) is 5.32 Å². The summed E-state index contributed by atoms with van der Waals surface area (Å²) in [5.74, 6) is -0.00924. The van der Waals surface area contributed by atoms with Gasteiger partial charge in [0.1, 0.15) is 0 Å².